The van der Waals surface area contributed by atoms with Crippen LogP contribution in [-0.4, -0.2) is 5.11 Å². The smallest absolute Gasteiger partial charge is 0.336 e. The van der Waals surface area contributed by atoms with E-state index >= 15 is 0 Å². The topological polar surface area (TPSA) is 67.1 Å². The van der Waals surface area contributed by atoms with E-state index in [9.17, 15) is 9.90 Å². The van der Waals surface area contributed by atoms with Crippen molar-refractivity contribution in [2.24, 2.45) is 0 Å². The summed E-state index contributed by atoms with van der Waals surface area (Å²) in [6.07, 6.45) is 0. The van der Waals surface area contributed by atoms with Crippen molar-refractivity contribution < 1.29 is 14.8 Å². The number of rotatable bonds is 5. The molecule has 2 aromatic heterocycles. The summed E-state index contributed by atoms with van der Waals surface area (Å²) in [6.45, 7) is 2.39. The maximum Gasteiger partial charge on any atom is 0.336 e. The number of benzene rings is 2. The van der Waals surface area contributed by atoms with Crippen molar-refractivity contribution in [1.29, 1.82) is 0 Å². The molecule has 1 atom stereocenters. The van der Waals surface area contributed by atoms with Gasteiger partial charge in [-0.2, -0.15) is 0 Å². The Morgan fingerprint density at radius 1 is 1.11 bits per heavy atom. The first-order valence-electron chi connectivity index (χ1n) is 8.80. The molecule has 0 aliphatic rings. The molecule has 4 rings (SSSR count). The van der Waals surface area contributed by atoms with Crippen LogP contribution in [0.2, 0.25) is 0 Å². The molecule has 27 heavy (non-hydrogen) atoms. The minimum absolute atomic E-state index is 0.132. The number of nitrogens with two attached hydrogens (primary N) is 1. The molecule has 0 bridgehead atoms. The SMILES string of the molecule is Cc1c(O)ccc2c(C[NH2+][C@@H](c3ccccc3)c3cccs3)cc(=O)oc12. The summed E-state index contributed by atoms with van der Waals surface area (Å²) in [5.74, 6) is 0.132. The highest BCUT2D eigenvalue weighted by atomic mass is 32.1. The highest BCUT2D eigenvalue weighted by molar-refractivity contribution is 7.10. The summed E-state index contributed by atoms with van der Waals surface area (Å²) in [6, 6.07) is 19.7. The normalized spacial score (nSPS) is 12.3. The molecule has 4 nitrogen and oxygen atoms in total. The molecule has 0 saturated carbocycles. The van der Waals surface area contributed by atoms with Gasteiger partial charge < -0.3 is 14.8 Å². The molecule has 2 heterocycles. The van der Waals surface area contributed by atoms with E-state index in [1.807, 2.05) is 24.3 Å². The lowest BCUT2D eigenvalue weighted by molar-refractivity contribution is -0.701. The van der Waals surface area contributed by atoms with Crippen LogP contribution in [0.3, 0.4) is 0 Å². The Bertz CT molecular complexity index is 1120. The van der Waals surface area contributed by atoms with Crippen LogP contribution in [0.1, 0.15) is 27.6 Å². The van der Waals surface area contributed by atoms with Crippen LogP contribution < -0.4 is 10.9 Å². The molecule has 0 unspecified atom stereocenters. The first-order valence-corrected chi connectivity index (χ1v) is 9.68. The van der Waals surface area contributed by atoms with Crippen LogP contribution in [-0.2, 0) is 6.54 Å². The third-order valence-corrected chi connectivity index (χ3v) is 5.76. The second-order valence-corrected chi connectivity index (χ2v) is 7.50. The van der Waals surface area contributed by atoms with E-state index in [2.05, 4.69) is 35.0 Å². The standard InChI is InChI=1S/C22H19NO3S/c1-14-18(24)10-9-17-16(12-20(25)26-22(14)17)13-23-21(19-8-5-11-27-19)15-6-3-2-4-7-15/h2-12,21,23-24H,13H2,1H3/p+1/t21-/m0/s1. The first kappa shape index (κ1) is 17.5. The van der Waals surface area contributed by atoms with Crippen LogP contribution >= 0.6 is 11.3 Å². The van der Waals surface area contributed by atoms with Gasteiger partial charge in [0.1, 0.15) is 23.9 Å². The summed E-state index contributed by atoms with van der Waals surface area (Å²) in [4.78, 5) is 13.3. The van der Waals surface area contributed by atoms with Crippen molar-refractivity contribution in [1.82, 2.24) is 0 Å². The molecule has 0 fully saturated rings. The molecule has 0 aliphatic carbocycles. The van der Waals surface area contributed by atoms with Gasteiger partial charge >= 0.3 is 5.63 Å². The summed E-state index contributed by atoms with van der Waals surface area (Å²) in [5.41, 5.74) is 2.78. The zero-order valence-electron chi connectivity index (χ0n) is 14.9. The Balaban J connectivity index is 1.71. The number of hydrogen-bond acceptors (Lipinski definition) is 4. The molecule has 0 radical (unpaired) electrons. The van der Waals surface area contributed by atoms with Gasteiger partial charge in [0.25, 0.3) is 0 Å². The molecule has 0 aliphatic heterocycles. The lowest BCUT2D eigenvalue weighted by Crippen LogP contribution is -2.83. The number of aryl methyl sites for hydroxylation is 1. The van der Waals surface area contributed by atoms with Crippen LogP contribution in [0.5, 0.6) is 5.75 Å². The van der Waals surface area contributed by atoms with Crippen LogP contribution in [0.4, 0.5) is 0 Å². The maximum atomic E-state index is 12.1. The number of phenols is 1. The second-order valence-electron chi connectivity index (χ2n) is 6.52. The molecule has 0 saturated heterocycles. The van der Waals surface area contributed by atoms with Crippen LogP contribution in [0.25, 0.3) is 11.0 Å². The van der Waals surface area contributed by atoms with Gasteiger partial charge in [-0.05, 0) is 30.5 Å². The van der Waals surface area contributed by atoms with Gasteiger partial charge in [0.2, 0.25) is 0 Å². The van der Waals surface area contributed by atoms with Gasteiger partial charge in [0.15, 0.2) is 0 Å². The Kier molecular flexibility index (Phi) is 4.79. The van der Waals surface area contributed by atoms with Crippen molar-refractivity contribution in [3.63, 3.8) is 0 Å². The van der Waals surface area contributed by atoms with E-state index in [-0.39, 0.29) is 11.8 Å². The fourth-order valence-electron chi connectivity index (χ4n) is 3.37. The number of quaternary nitrogens is 1. The van der Waals surface area contributed by atoms with Crippen LogP contribution in [0.15, 0.2) is 75.3 Å². The highest BCUT2D eigenvalue weighted by Gasteiger charge is 2.20. The molecule has 0 amide bonds. The largest absolute Gasteiger partial charge is 0.508 e. The van der Waals surface area contributed by atoms with Gasteiger partial charge in [0, 0.05) is 28.1 Å². The van der Waals surface area contributed by atoms with Gasteiger partial charge in [-0.25, -0.2) is 4.79 Å². The summed E-state index contributed by atoms with van der Waals surface area (Å²) < 4.78 is 5.35. The first-order chi connectivity index (χ1) is 13.1. The van der Waals surface area contributed by atoms with E-state index < -0.39 is 5.63 Å². The lowest BCUT2D eigenvalue weighted by atomic mass is 10.0. The molecular formula is C22H20NO3S+. The van der Waals surface area contributed by atoms with E-state index in [0.717, 1.165) is 10.9 Å². The van der Waals surface area contributed by atoms with Crippen molar-refractivity contribution >= 4 is 22.3 Å². The number of hydrogen-bond donors (Lipinski definition) is 2. The lowest BCUT2D eigenvalue weighted by Gasteiger charge is -2.15. The average molecular weight is 378 g/mol. The molecule has 5 heteroatoms. The van der Waals surface area contributed by atoms with Crippen molar-refractivity contribution in [3.8, 4) is 5.75 Å². The van der Waals surface area contributed by atoms with Gasteiger partial charge in [-0.1, -0.05) is 36.4 Å². The minimum Gasteiger partial charge on any atom is -0.508 e. The number of aromatic hydroxyl groups is 1. The molecule has 136 valence electrons. The Morgan fingerprint density at radius 3 is 2.67 bits per heavy atom. The van der Waals surface area contributed by atoms with Crippen molar-refractivity contribution in [2.75, 3.05) is 0 Å². The van der Waals surface area contributed by atoms with Crippen molar-refractivity contribution in [2.45, 2.75) is 19.5 Å². The van der Waals surface area contributed by atoms with Crippen molar-refractivity contribution in [3.05, 3.63) is 98.0 Å². The fraction of sp³-hybridized carbons (Fsp3) is 0.136. The Morgan fingerprint density at radius 2 is 1.93 bits per heavy atom. The highest BCUT2D eigenvalue weighted by Crippen LogP contribution is 2.27. The zero-order valence-corrected chi connectivity index (χ0v) is 15.7. The summed E-state index contributed by atoms with van der Waals surface area (Å²) in [7, 11) is 0. The molecule has 4 aromatic rings. The monoisotopic (exact) mass is 378 g/mol. The number of phenolic OH excluding ortho intramolecular Hbond substituents is 1. The Hall–Kier alpha value is -2.89. The van der Waals surface area contributed by atoms with E-state index in [1.54, 1.807) is 30.4 Å². The third-order valence-electron chi connectivity index (χ3n) is 4.80. The van der Waals surface area contributed by atoms with Crippen LogP contribution in [0, 0.1) is 6.92 Å². The third kappa shape index (κ3) is 3.52. The second kappa shape index (κ2) is 7.39. The van der Waals surface area contributed by atoms with Gasteiger partial charge in [-0.15, -0.1) is 11.3 Å². The summed E-state index contributed by atoms with van der Waals surface area (Å²) in [5, 5.41) is 15.1. The maximum absolute atomic E-state index is 12.1. The minimum atomic E-state index is -0.396. The van der Waals surface area contributed by atoms with Gasteiger partial charge in [0.05, 0.1) is 4.88 Å². The average Bonchev–Trinajstić information content (AvgIpc) is 3.20. The Labute approximate surface area is 160 Å². The quantitative estimate of drug-likeness (QED) is 0.520. The molecule has 0 spiro atoms. The fourth-order valence-corrected chi connectivity index (χ4v) is 4.22. The molecular weight excluding hydrogens is 358 g/mol. The number of fused-ring (bicyclic) bond motifs is 1. The van der Waals surface area contributed by atoms with Gasteiger partial charge in [-0.3, -0.25) is 0 Å². The summed E-state index contributed by atoms with van der Waals surface area (Å²) >= 11 is 1.73. The molecule has 3 N–H and O–H groups in total. The van der Waals surface area contributed by atoms with E-state index in [1.165, 1.54) is 10.4 Å². The predicted octanol–water partition coefficient (Wildman–Crippen LogP) is 3.72. The zero-order chi connectivity index (χ0) is 18.8. The number of thiophene rings is 1. The predicted molar refractivity (Wildman–Crippen MR) is 107 cm³/mol. The van der Waals surface area contributed by atoms with E-state index in [0.29, 0.717) is 17.7 Å². The van der Waals surface area contributed by atoms with E-state index in [4.69, 9.17) is 4.42 Å². The molecule has 2 aromatic carbocycles.